The number of aromatic nitrogens is 2. The second-order valence-electron chi connectivity index (χ2n) is 9.19. The first-order chi connectivity index (χ1) is 18.2. The lowest BCUT2D eigenvalue weighted by Crippen LogP contribution is -2.32. The molecule has 2 aromatic heterocycles. The summed E-state index contributed by atoms with van der Waals surface area (Å²) in [5.74, 6) is 0. The topological polar surface area (TPSA) is 11.0 Å². The van der Waals surface area contributed by atoms with Crippen LogP contribution in [0, 0.1) is 0 Å². The van der Waals surface area contributed by atoms with Crippen LogP contribution in [0.2, 0.25) is 0 Å². The van der Waals surface area contributed by atoms with Gasteiger partial charge in [0.05, 0.1) is 5.39 Å². The summed E-state index contributed by atoms with van der Waals surface area (Å²) in [6.07, 6.45) is 19.9. The van der Waals surface area contributed by atoms with Gasteiger partial charge in [-0.2, -0.15) is 4.57 Å². The number of hydrogen-bond acceptors (Lipinski definition) is 1. The van der Waals surface area contributed by atoms with Gasteiger partial charge >= 0.3 is 0 Å². The predicted molar refractivity (Wildman–Crippen MR) is 156 cm³/mol. The van der Waals surface area contributed by atoms with Crippen LogP contribution in [0.3, 0.4) is 0 Å². The highest BCUT2D eigenvalue weighted by molar-refractivity contribution is 5.95. The number of aryl methyl sites for hydroxylation is 2. The highest BCUT2D eigenvalue weighted by Gasteiger charge is 2.15. The monoisotopic (exact) mass is 485 g/mol. The number of anilines is 1. The zero-order valence-electron chi connectivity index (χ0n) is 22.0. The Bertz CT molecular complexity index is 1520. The molecule has 3 heteroatoms. The summed E-state index contributed by atoms with van der Waals surface area (Å²) >= 11 is 0. The molecule has 0 N–H and O–H groups in total. The van der Waals surface area contributed by atoms with Crippen molar-refractivity contribution in [1.29, 1.82) is 0 Å². The maximum atomic E-state index is 2.30. The van der Waals surface area contributed by atoms with E-state index in [4.69, 9.17) is 0 Å². The molecule has 0 saturated carbocycles. The number of benzene rings is 2. The molecule has 0 unspecified atom stereocenters. The van der Waals surface area contributed by atoms with Crippen LogP contribution in [0.5, 0.6) is 0 Å². The van der Waals surface area contributed by atoms with Crippen LogP contribution in [0.4, 0.5) is 5.69 Å². The summed E-state index contributed by atoms with van der Waals surface area (Å²) in [5, 5.41) is 1.26. The molecule has 37 heavy (non-hydrogen) atoms. The summed E-state index contributed by atoms with van der Waals surface area (Å²) in [5.41, 5.74) is 8.60. The first-order valence-electron chi connectivity index (χ1n) is 13.3. The summed E-state index contributed by atoms with van der Waals surface area (Å²) in [7, 11) is 0. The third kappa shape index (κ3) is 5.17. The van der Waals surface area contributed by atoms with Crippen molar-refractivity contribution in [2.45, 2.75) is 33.9 Å². The van der Waals surface area contributed by atoms with Gasteiger partial charge in [0.25, 0.3) is 0 Å². The Hall–Kier alpha value is -4.24. The average Bonchev–Trinajstić information content (AvgIpc) is 2.97. The van der Waals surface area contributed by atoms with Gasteiger partial charge in [0.1, 0.15) is 13.1 Å². The molecule has 0 fully saturated rings. The molecule has 4 aromatic rings. The standard InChI is InChI=1S/C34H35N3/c1-4-35-23-19-27(20-24-35)15-16-28(30-22-26-37(6-3)34-14-10-8-12-32(30)34)17-18-29-21-25-36(5-2)33-13-9-7-11-31(29)33/h7-26H,4-6H2,1-3H3/q+2. The first-order valence-corrected chi connectivity index (χ1v) is 13.3. The molecule has 0 spiro atoms. The average molecular weight is 486 g/mol. The smallest absolute Gasteiger partial charge is 0.213 e. The van der Waals surface area contributed by atoms with Crippen molar-refractivity contribution in [3.05, 3.63) is 133 Å². The zero-order valence-corrected chi connectivity index (χ0v) is 22.0. The lowest BCUT2D eigenvalue weighted by molar-refractivity contribution is -0.693. The molecule has 5 rings (SSSR count). The molecule has 1 aliphatic rings. The molecular formula is C34H35N3+2. The molecule has 1 aliphatic heterocycles. The van der Waals surface area contributed by atoms with E-state index in [1.807, 2.05) is 0 Å². The first kappa shape index (κ1) is 24.5. The molecule has 0 aliphatic carbocycles. The van der Waals surface area contributed by atoms with Crippen LogP contribution in [-0.2, 0) is 13.1 Å². The number of para-hydroxylation sites is 2. The van der Waals surface area contributed by atoms with Gasteiger partial charge in [-0.1, -0.05) is 54.6 Å². The van der Waals surface area contributed by atoms with Gasteiger partial charge in [0.15, 0.2) is 18.6 Å². The Labute approximate surface area is 220 Å². The number of pyridine rings is 2. The third-order valence-electron chi connectivity index (χ3n) is 7.06. The van der Waals surface area contributed by atoms with Crippen molar-refractivity contribution in [2.24, 2.45) is 0 Å². The summed E-state index contributed by atoms with van der Waals surface area (Å²) in [6.45, 7) is 9.40. The van der Waals surface area contributed by atoms with Crippen LogP contribution in [0.15, 0.2) is 116 Å². The zero-order chi connectivity index (χ0) is 25.6. The maximum absolute atomic E-state index is 2.30. The minimum Gasteiger partial charge on any atom is -0.348 e. The van der Waals surface area contributed by atoms with Crippen LogP contribution in [-0.4, -0.2) is 6.54 Å². The Morgan fingerprint density at radius 3 is 2.41 bits per heavy atom. The number of fused-ring (bicyclic) bond motifs is 2. The summed E-state index contributed by atoms with van der Waals surface area (Å²) < 4.78 is 4.48. The summed E-state index contributed by atoms with van der Waals surface area (Å²) in [6, 6.07) is 23.9. The lowest BCUT2D eigenvalue weighted by Gasteiger charge is -2.26. The highest BCUT2D eigenvalue weighted by Crippen LogP contribution is 2.33. The minimum atomic E-state index is 0.941. The molecule has 0 radical (unpaired) electrons. The van der Waals surface area contributed by atoms with Gasteiger partial charge in [-0.05, 0) is 55.7 Å². The largest absolute Gasteiger partial charge is 0.348 e. The predicted octanol–water partition coefficient (Wildman–Crippen LogP) is 6.99. The molecule has 184 valence electrons. The van der Waals surface area contributed by atoms with E-state index in [2.05, 4.69) is 157 Å². The Morgan fingerprint density at radius 1 is 0.838 bits per heavy atom. The fourth-order valence-electron chi connectivity index (χ4n) is 4.94. The fourth-order valence-corrected chi connectivity index (χ4v) is 4.94. The summed E-state index contributed by atoms with van der Waals surface area (Å²) in [4.78, 5) is 2.30. The number of allylic oxidation sites excluding steroid dienone is 6. The maximum Gasteiger partial charge on any atom is 0.213 e. The van der Waals surface area contributed by atoms with Gasteiger partial charge in [-0.3, -0.25) is 0 Å². The van der Waals surface area contributed by atoms with E-state index < -0.39 is 0 Å². The van der Waals surface area contributed by atoms with Crippen molar-refractivity contribution in [3.8, 4) is 0 Å². The number of rotatable bonds is 7. The Morgan fingerprint density at radius 2 is 1.62 bits per heavy atom. The van der Waals surface area contributed by atoms with E-state index in [9.17, 15) is 0 Å². The highest BCUT2D eigenvalue weighted by atomic mass is 15.1. The van der Waals surface area contributed by atoms with Crippen LogP contribution in [0.25, 0.3) is 28.1 Å². The van der Waals surface area contributed by atoms with Gasteiger partial charge in [0, 0.05) is 53.8 Å². The van der Waals surface area contributed by atoms with Crippen molar-refractivity contribution >= 4 is 33.8 Å². The fraction of sp³-hybridized carbons (Fsp3) is 0.176. The third-order valence-corrected chi connectivity index (χ3v) is 7.06. The molecule has 3 nitrogen and oxygen atoms in total. The SMILES string of the molecule is CCN1C=C\C(=C/C=C(/C=C/c2cc[n+](CC)cc2)c2cc[n+](CC)c3ccccc23)c2ccccc21. The van der Waals surface area contributed by atoms with E-state index >= 15 is 0 Å². The Balaban J connectivity index is 1.63. The van der Waals surface area contributed by atoms with Gasteiger partial charge in [-0.15, -0.1) is 0 Å². The van der Waals surface area contributed by atoms with E-state index in [-0.39, 0.29) is 0 Å². The van der Waals surface area contributed by atoms with E-state index in [1.54, 1.807) is 0 Å². The van der Waals surface area contributed by atoms with Crippen molar-refractivity contribution in [3.63, 3.8) is 0 Å². The van der Waals surface area contributed by atoms with Crippen LogP contribution < -0.4 is 14.0 Å². The van der Waals surface area contributed by atoms with E-state index in [0.717, 1.165) is 19.6 Å². The number of hydrogen-bond donors (Lipinski definition) is 0. The normalized spacial score (nSPS) is 14.6. The molecule has 0 saturated heterocycles. The van der Waals surface area contributed by atoms with Crippen molar-refractivity contribution in [2.75, 3.05) is 11.4 Å². The van der Waals surface area contributed by atoms with Gasteiger partial charge in [0.2, 0.25) is 5.52 Å². The van der Waals surface area contributed by atoms with Crippen LogP contribution >= 0.6 is 0 Å². The molecule has 0 amide bonds. The van der Waals surface area contributed by atoms with E-state index in [0.29, 0.717) is 0 Å². The quantitative estimate of drug-likeness (QED) is 0.203. The molecular weight excluding hydrogens is 450 g/mol. The van der Waals surface area contributed by atoms with Gasteiger partial charge < -0.3 is 4.90 Å². The minimum absolute atomic E-state index is 0.941. The Kier molecular flexibility index (Phi) is 7.41. The van der Waals surface area contributed by atoms with Gasteiger partial charge in [-0.25, -0.2) is 4.57 Å². The lowest BCUT2D eigenvalue weighted by atomic mass is 9.96. The van der Waals surface area contributed by atoms with Crippen molar-refractivity contribution < 1.29 is 9.13 Å². The number of nitrogens with zero attached hydrogens (tertiary/aromatic N) is 3. The second kappa shape index (κ2) is 11.2. The van der Waals surface area contributed by atoms with Crippen molar-refractivity contribution in [1.82, 2.24) is 0 Å². The van der Waals surface area contributed by atoms with E-state index in [1.165, 1.54) is 44.4 Å². The molecule has 3 heterocycles. The molecule has 0 atom stereocenters. The second-order valence-corrected chi connectivity index (χ2v) is 9.19. The van der Waals surface area contributed by atoms with Crippen LogP contribution in [0.1, 0.15) is 37.5 Å². The molecule has 0 bridgehead atoms. The molecule has 2 aromatic carbocycles.